The molecular weight excluding hydrogens is 188 g/mol. The SMILES string of the molecule is CNC(=O)c1ccc(N2CCCC2)cc1. The molecule has 0 unspecified atom stereocenters. The van der Waals surface area contributed by atoms with Gasteiger partial charge in [-0.3, -0.25) is 4.79 Å². The lowest BCUT2D eigenvalue weighted by molar-refractivity contribution is 0.0963. The van der Waals surface area contributed by atoms with Crippen LogP contribution in [0.25, 0.3) is 0 Å². The number of nitrogens with one attached hydrogen (secondary N) is 1. The first kappa shape index (κ1) is 10.0. The highest BCUT2D eigenvalue weighted by Gasteiger charge is 2.12. The number of hydrogen-bond donors (Lipinski definition) is 1. The first-order chi connectivity index (χ1) is 7.31. The van der Waals surface area contributed by atoms with Gasteiger partial charge in [-0.15, -0.1) is 0 Å². The molecule has 15 heavy (non-hydrogen) atoms. The summed E-state index contributed by atoms with van der Waals surface area (Å²) < 4.78 is 0. The Morgan fingerprint density at radius 2 is 1.80 bits per heavy atom. The number of amides is 1. The summed E-state index contributed by atoms with van der Waals surface area (Å²) in [5.74, 6) is -0.0250. The number of anilines is 1. The van der Waals surface area contributed by atoms with Crippen molar-refractivity contribution in [2.45, 2.75) is 12.8 Å². The van der Waals surface area contributed by atoms with E-state index in [1.807, 2.05) is 24.3 Å². The van der Waals surface area contributed by atoms with E-state index in [1.165, 1.54) is 18.5 Å². The third-order valence-corrected chi connectivity index (χ3v) is 2.83. The van der Waals surface area contributed by atoms with Crippen molar-refractivity contribution in [1.82, 2.24) is 5.32 Å². The average Bonchev–Trinajstić information content (AvgIpc) is 2.82. The van der Waals surface area contributed by atoms with Gasteiger partial charge in [0, 0.05) is 31.4 Å². The predicted molar refractivity (Wildman–Crippen MR) is 61.3 cm³/mol. The summed E-state index contributed by atoms with van der Waals surface area (Å²) in [5.41, 5.74) is 1.95. The van der Waals surface area contributed by atoms with Gasteiger partial charge in [0.1, 0.15) is 0 Å². The Hall–Kier alpha value is -1.51. The summed E-state index contributed by atoms with van der Waals surface area (Å²) in [5, 5.41) is 2.62. The normalized spacial score (nSPS) is 15.4. The van der Waals surface area contributed by atoms with Gasteiger partial charge in [-0.05, 0) is 37.1 Å². The van der Waals surface area contributed by atoms with Crippen molar-refractivity contribution < 1.29 is 4.79 Å². The average molecular weight is 204 g/mol. The van der Waals surface area contributed by atoms with Gasteiger partial charge in [0.25, 0.3) is 5.91 Å². The Kier molecular flexibility index (Phi) is 2.90. The highest BCUT2D eigenvalue weighted by Crippen LogP contribution is 2.20. The Labute approximate surface area is 90.1 Å². The third-order valence-electron chi connectivity index (χ3n) is 2.83. The van der Waals surface area contributed by atoms with Gasteiger partial charge in [-0.2, -0.15) is 0 Å². The molecule has 1 amide bonds. The van der Waals surface area contributed by atoms with E-state index in [4.69, 9.17) is 0 Å². The molecule has 2 rings (SSSR count). The van der Waals surface area contributed by atoms with Crippen LogP contribution in [-0.2, 0) is 0 Å². The Bertz CT molecular complexity index is 339. The van der Waals surface area contributed by atoms with Gasteiger partial charge in [0.2, 0.25) is 0 Å². The van der Waals surface area contributed by atoms with Crippen molar-refractivity contribution in [3.8, 4) is 0 Å². The van der Waals surface area contributed by atoms with Crippen molar-refractivity contribution in [1.29, 1.82) is 0 Å². The summed E-state index contributed by atoms with van der Waals surface area (Å²) in [6.07, 6.45) is 2.55. The molecule has 1 aromatic carbocycles. The summed E-state index contributed by atoms with van der Waals surface area (Å²) in [4.78, 5) is 13.7. The molecule has 0 saturated carbocycles. The van der Waals surface area contributed by atoms with Gasteiger partial charge in [0.15, 0.2) is 0 Å². The van der Waals surface area contributed by atoms with Crippen molar-refractivity contribution in [3.05, 3.63) is 29.8 Å². The van der Waals surface area contributed by atoms with Crippen LogP contribution < -0.4 is 10.2 Å². The van der Waals surface area contributed by atoms with Crippen LogP contribution in [0.5, 0.6) is 0 Å². The van der Waals surface area contributed by atoms with Crippen LogP contribution in [0, 0.1) is 0 Å². The fourth-order valence-corrected chi connectivity index (χ4v) is 1.94. The molecule has 0 radical (unpaired) electrons. The molecule has 1 N–H and O–H groups in total. The molecule has 3 heteroatoms. The second-order valence-corrected chi connectivity index (χ2v) is 3.82. The van der Waals surface area contributed by atoms with Crippen molar-refractivity contribution in [3.63, 3.8) is 0 Å². The van der Waals surface area contributed by atoms with Crippen LogP contribution in [0.15, 0.2) is 24.3 Å². The second kappa shape index (κ2) is 4.34. The smallest absolute Gasteiger partial charge is 0.251 e. The van der Waals surface area contributed by atoms with Crippen LogP contribution in [0.4, 0.5) is 5.69 Å². The molecule has 0 aliphatic carbocycles. The van der Waals surface area contributed by atoms with Crippen molar-refractivity contribution in [2.24, 2.45) is 0 Å². The van der Waals surface area contributed by atoms with Gasteiger partial charge < -0.3 is 10.2 Å². The number of carbonyl (C=O) groups excluding carboxylic acids is 1. The highest BCUT2D eigenvalue weighted by molar-refractivity contribution is 5.94. The molecule has 0 atom stereocenters. The molecule has 1 aromatic rings. The number of nitrogens with zero attached hydrogens (tertiary/aromatic N) is 1. The summed E-state index contributed by atoms with van der Waals surface area (Å²) in [7, 11) is 1.65. The zero-order valence-corrected chi connectivity index (χ0v) is 8.99. The second-order valence-electron chi connectivity index (χ2n) is 3.82. The number of rotatable bonds is 2. The van der Waals surface area contributed by atoms with E-state index in [0.29, 0.717) is 0 Å². The minimum atomic E-state index is -0.0250. The summed E-state index contributed by atoms with van der Waals surface area (Å²) in [6.45, 7) is 2.28. The van der Waals surface area contributed by atoms with Crippen LogP contribution in [-0.4, -0.2) is 26.0 Å². The van der Waals surface area contributed by atoms with Crippen LogP contribution >= 0.6 is 0 Å². The maximum Gasteiger partial charge on any atom is 0.251 e. The molecular formula is C12H16N2O. The maximum absolute atomic E-state index is 11.3. The Balaban J connectivity index is 2.12. The predicted octanol–water partition coefficient (Wildman–Crippen LogP) is 1.65. The van der Waals surface area contributed by atoms with Gasteiger partial charge >= 0.3 is 0 Å². The molecule has 1 saturated heterocycles. The van der Waals surface area contributed by atoms with E-state index >= 15 is 0 Å². The fraction of sp³-hybridized carbons (Fsp3) is 0.417. The van der Waals surface area contributed by atoms with E-state index in [9.17, 15) is 4.79 Å². The van der Waals surface area contributed by atoms with Gasteiger partial charge in [-0.25, -0.2) is 0 Å². The van der Waals surface area contributed by atoms with E-state index in [-0.39, 0.29) is 5.91 Å². The monoisotopic (exact) mass is 204 g/mol. The molecule has 1 heterocycles. The number of benzene rings is 1. The molecule has 0 aromatic heterocycles. The van der Waals surface area contributed by atoms with E-state index < -0.39 is 0 Å². The minimum absolute atomic E-state index is 0.0250. The quantitative estimate of drug-likeness (QED) is 0.794. The zero-order valence-electron chi connectivity index (χ0n) is 8.99. The molecule has 0 bridgehead atoms. The number of carbonyl (C=O) groups is 1. The molecule has 80 valence electrons. The first-order valence-electron chi connectivity index (χ1n) is 5.38. The lowest BCUT2D eigenvalue weighted by Crippen LogP contribution is -2.19. The van der Waals surface area contributed by atoms with Gasteiger partial charge in [-0.1, -0.05) is 0 Å². The van der Waals surface area contributed by atoms with E-state index in [2.05, 4.69) is 10.2 Å². The molecule has 1 aliphatic rings. The van der Waals surface area contributed by atoms with E-state index in [1.54, 1.807) is 7.05 Å². The standard InChI is InChI=1S/C12H16N2O/c1-13-12(15)10-4-6-11(7-5-10)14-8-2-3-9-14/h4-7H,2-3,8-9H2,1H3,(H,13,15). The van der Waals surface area contributed by atoms with Gasteiger partial charge in [0.05, 0.1) is 0 Å². The van der Waals surface area contributed by atoms with Crippen molar-refractivity contribution >= 4 is 11.6 Å². The van der Waals surface area contributed by atoms with Crippen LogP contribution in [0.3, 0.4) is 0 Å². The topological polar surface area (TPSA) is 32.3 Å². The van der Waals surface area contributed by atoms with E-state index in [0.717, 1.165) is 18.7 Å². The largest absolute Gasteiger partial charge is 0.372 e. The first-order valence-corrected chi connectivity index (χ1v) is 5.38. The Morgan fingerprint density at radius 1 is 1.20 bits per heavy atom. The zero-order chi connectivity index (χ0) is 10.7. The lowest BCUT2D eigenvalue weighted by atomic mass is 10.2. The van der Waals surface area contributed by atoms with Crippen molar-refractivity contribution in [2.75, 3.05) is 25.0 Å². The fourth-order valence-electron chi connectivity index (χ4n) is 1.94. The summed E-state index contributed by atoms with van der Waals surface area (Å²) >= 11 is 0. The molecule has 3 nitrogen and oxygen atoms in total. The van der Waals surface area contributed by atoms with Crippen LogP contribution in [0.2, 0.25) is 0 Å². The number of hydrogen-bond acceptors (Lipinski definition) is 2. The van der Waals surface area contributed by atoms with Crippen LogP contribution in [0.1, 0.15) is 23.2 Å². The Morgan fingerprint density at radius 3 is 2.33 bits per heavy atom. The molecule has 0 spiro atoms. The maximum atomic E-state index is 11.3. The highest BCUT2D eigenvalue weighted by atomic mass is 16.1. The minimum Gasteiger partial charge on any atom is -0.372 e. The molecule has 1 fully saturated rings. The molecule has 1 aliphatic heterocycles. The summed E-state index contributed by atoms with van der Waals surface area (Å²) in [6, 6.07) is 7.81. The lowest BCUT2D eigenvalue weighted by Gasteiger charge is -2.17. The third kappa shape index (κ3) is 2.12.